The lowest BCUT2D eigenvalue weighted by molar-refractivity contribution is -0.120. The Morgan fingerprint density at radius 2 is 2.00 bits per heavy atom. The number of rotatable bonds is 7. The van der Waals surface area contributed by atoms with Gasteiger partial charge in [-0.3, -0.25) is 9.69 Å². The van der Waals surface area contributed by atoms with Gasteiger partial charge in [-0.15, -0.1) is 0 Å². The number of nitrogens with one attached hydrogen (secondary N) is 1. The first-order valence-corrected chi connectivity index (χ1v) is 8.70. The monoisotopic (exact) mass is 356 g/mol. The van der Waals surface area contributed by atoms with Gasteiger partial charge in [0.1, 0.15) is 5.75 Å². The fraction of sp³-hybridized carbons (Fsp3) is 0.350. The normalized spacial score (nSPS) is 13.5. The van der Waals surface area contributed by atoms with Crippen molar-refractivity contribution in [1.29, 1.82) is 0 Å². The smallest absolute Gasteiger partial charge is 0.241 e. The molecule has 0 bridgehead atoms. The lowest BCUT2D eigenvalue weighted by Gasteiger charge is -2.24. The number of anilines is 1. The largest absolute Gasteiger partial charge is 0.492 e. The molecule has 0 saturated heterocycles. The van der Waals surface area contributed by atoms with Crippen LogP contribution >= 0.6 is 0 Å². The Bertz CT molecular complexity index is 778. The number of hydrogen-bond donors (Lipinski definition) is 1. The van der Waals surface area contributed by atoms with Crippen molar-refractivity contribution in [2.75, 3.05) is 25.8 Å². The highest BCUT2D eigenvalue weighted by Gasteiger charge is 2.20. The van der Waals surface area contributed by atoms with Gasteiger partial charge in [-0.25, -0.2) is 0 Å². The lowest BCUT2D eigenvalue weighted by Crippen LogP contribution is -2.39. The van der Waals surface area contributed by atoms with Crippen LogP contribution in [0.1, 0.15) is 19.4 Å². The molecule has 1 heterocycles. The highest BCUT2D eigenvalue weighted by Crippen LogP contribution is 2.33. The molecule has 0 saturated carbocycles. The van der Waals surface area contributed by atoms with Crippen molar-refractivity contribution in [1.82, 2.24) is 4.90 Å². The number of carbonyl (C=O) groups excluding carboxylic acids is 1. The van der Waals surface area contributed by atoms with Crippen LogP contribution in [0.2, 0.25) is 0 Å². The summed E-state index contributed by atoms with van der Waals surface area (Å²) in [5.41, 5.74) is 1.74. The maximum Gasteiger partial charge on any atom is 0.241 e. The molecular formula is C20H24N2O4. The Morgan fingerprint density at radius 3 is 2.81 bits per heavy atom. The Kier molecular flexibility index (Phi) is 5.63. The van der Waals surface area contributed by atoms with Gasteiger partial charge in [-0.2, -0.15) is 0 Å². The van der Waals surface area contributed by atoms with Crippen molar-refractivity contribution >= 4 is 11.6 Å². The first-order valence-electron chi connectivity index (χ1n) is 8.70. The Balaban J connectivity index is 1.63. The number of ether oxygens (including phenoxy) is 3. The number of amides is 1. The average Bonchev–Trinajstić information content (AvgIpc) is 3.10. The second-order valence-corrected chi connectivity index (χ2v) is 6.20. The Labute approximate surface area is 153 Å². The standard InChI is InChI=1S/C20H24N2O4/c1-4-24-17-8-6-5-7-16(17)21-20(23)14(2)22(3)12-15-9-10-18-19(11-15)26-13-25-18/h5-11,14H,4,12-13H2,1-3H3,(H,21,23)/t14-/m1/s1. The molecule has 1 aliphatic rings. The zero-order valence-electron chi connectivity index (χ0n) is 15.3. The van der Waals surface area contributed by atoms with Crippen molar-refractivity contribution in [2.24, 2.45) is 0 Å². The van der Waals surface area contributed by atoms with Gasteiger partial charge in [0.2, 0.25) is 12.7 Å². The van der Waals surface area contributed by atoms with E-state index in [1.165, 1.54) is 0 Å². The van der Waals surface area contributed by atoms with Gasteiger partial charge in [-0.05, 0) is 50.7 Å². The first kappa shape index (κ1) is 18.1. The van der Waals surface area contributed by atoms with Crippen LogP contribution in [0.4, 0.5) is 5.69 Å². The van der Waals surface area contributed by atoms with Gasteiger partial charge >= 0.3 is 0 Å². The molecule has 0 spiro atoms. The summed E-state index contributed by atoms with van der Waals surface area (Å²) in [5.74, 6) is 2.10. The highest BCUT2D eigenvalue weighted by molar-refractivity contribution is 5.95. The minimum Gasteiger partial charge on any atom is -0.492 e. The molecule has 0 aliphatic carbocycles. The summed E-state index contributed by atoms with van der Waals surface area (Å²) in [5, 5.41) is 2.95. The number of para-hydroxylation sites is 2. The van der Waals surface area contributed by atoms with Crippen LogP contribution in [0.5, 0.6) is 17.2 Å². The number of nitrogens with zero attached hydrogens (tertiary/aromatic N) is 1. The predicted molar refractivity (Wildman–Crippen MR) is 99.7 cm³/mol. The van der Waals surface area contributed by atoms with Crippen molar-refractivity contribution < 1.29 is 19.0 Å². The summed E-state index contributed by atoms with van der Waals surface area (Å²) < 4.78 is 16.3. The van der Waals surface area contributed by atoms with Crippen LogP contribution < -0.4 is 19.5 Å². The minimum absolute atomic E-state index is 0.0830. The minimum atomic E-state index is -0.310. The fourth-order valence-electron chi connectivity index (χ4n) is 2.75. The second-order valence-electron chi connectivity index (χ2n) is 6.20. The maximum absolute atomic E-state index is 12.6. The van der Waals surface area contributed by atoms with Crippen LogP contribution in [0.3, 0.4) is 0 Å². The summed E-state index contributed by atoms with van der Waals surface area (Å²) in [6.07, 6.45) is 0. The molecule has 0 fully saturated rings. The van der Waals surface area contributed by atoms with E-state index >= 15 is 0 Å². The van der Waals surface area contributed by atoms with Crippen LogP contribution in [-0.2, 0) is 11.3 Å². The maximum atomic E-state index is 12.6. The van der Waals surface area contributed by atoms with Crippen molar-refractivity contribution in [3.8, 4) is 17.2 Å². The van der Waals surface area contributed by atoms with Crippen LogP contribution in [0, 0.1) is 0 Å². The summed E-state index contributed by atoms with van der Waals surface area (Å²) >= 11 is 0. The molecule has 3 rings (SSSR count). The topological polar surface area (TPSA) is 60.0 Å². The summed E-state index contributed by atoms with van der Waals surface area (Å²) in [7, 11) is 1.92. The molecule has 0 radical (unpaired) electrons. The van der Waals surface area contributed by atoms with E-state index in [9.17, 15) is 4.79 Å². The quantitative estimate of drug-likeness (QED) is 0.825. The second kappa shape index (κ2) is 8.10. The summed E-state index contributed by atoms with van der Waals surface area (Å²) in [4.78, 5) is 14.6. The number of carbonyl (C=O) groups is 1. The van der Waals surface area contributed by atoms with Crippen molar-refractivity contribution in [2.45, 2.75) is 26.4 Å². The SMILES string of the molecule is CCOc1ccccc1NC(=O)[C@@H](C)N(C)Cc1ccc2c(c1)OCO2. The molecule has 0 unspecified atom stereocenters. The van der Waals surface area contributed by atoms with Gasteiger partial charge in [0.05, 0.1) is 18.3 Å². The average molecular weight is 356 g/mol. The molecule has 6 heteroatoms. The third-order valence-electron chi connectivity index (χ3n) is 4.35. The molecule has 2 aromatic carbocycles. The third kappa shape index (κ3) is 4.08. The van der Waals surface area contributed by atoms with E-state index < -0.39 is 0 Å². The van der Waals surface area contributed by atoms with E-state index in [1.807, 2.05) is 68.3 Å². The van der Waals surface area contributed by atoms with Gasteiger partial charge in [0, 0.05) is 6.54 Å². The zero-order valence-corrected chi connectivity index (χ0v) is 15.3. The summed E-state index contributed by atoms with van der Waals surface area (Å²) in [6, 6.07) is 13.0. The van der Waals surface area contributed by atoms with Gasteiger partial charge in [-0.1, -0.05) is 18.2 Å². The van der Waals surface area contributed by atoms with Crippen molar-refractivity contribution in [3.63, 3.8) is 0 Å². The molecule has 2 aromatic rings. The number of fused-ring (bicyclic) bond motifs is 1. The number of hydrogen-bond acceptors (Lipinski definition) is 5. The van der Waals surface area contributed by atoms with Crippen LogP contribution in [0.15, 0.2) is 42.5 Å². The number of likely N-dealkylation sites (N-methyl/N-ethyl adjacent to an activating group) is 1. The van der Waals surface area contributed by atoms with E-state index in [-0.39, 0.29) is 18.7 Å². The zero-order chi connectivity index (χ0) is 18.5. The van der Waals surface area contributed by atoms with E-state index in [2.05, 4.69) is 5.32 Å². The van der Waals surface area contributed by atoms with E-state index in [0.29, 0.717) is 24.6 Å². The molecule has 1 amide bonds. The first-order chi connectivity index (χ1) is 12.6. The Hall–Kier alpha value is -2.73. The van der Waals surface area contributed by atoms with Crippen LogP contribution in [-0.4, -0.2) is 37.3 Å². The molecule has 1 aliphatic heterocycles. The van der Waals surface area contributed by atoms with Gasteiger partial charge < -0.3 is 19.5 Å². The number of benzene rings is 2. The van der Waals surface area contributed by atoms with Crippen molar-refractivity contribution in [3.05, 3.63) is 48.0 Å². The third-order valence-corrected chi connectivity index (χ3v) is 4.35. The molecule has 6 nitrogen and oxygen atoms in total. The van der Waals surface area contributed by atoms with Gasteiger partial charge in [0.15, 0.2) is 11.5 Å². The van der Waals surface area contributed by atoms with E-state index in [4.69, 9.17) is 14.2 Å². The fourth-order valence-corrected chi connectivity index (χ4v) is 2.75. The van der Waals surface area contributed by atoms with E-state index in [0.717, 1.165) is 17.1 Å². The van der Waals surface area contributed by atoms with Crippen LogP contribution in [0.25, 0.3) is 0 Å². The molecule has 26 heavy (non-hydrogen) atoms. The molecular weight excluding hydrogens is 332 g/mol. The predicted octanol–water partition coefficient (Wildman–Crippen LogP) is 3.27. The molecule has 0 aromatic heterocycles. The molecule has 1 atom stereocenters. The molecule has 138 valence electrons. The van der Waals surface area contributed by atoms with E-state index in [1.54, 1.807) is 0 Å². The highest BCUT2D eigenvalue weighted by atomic mass is 16.7. The summed E-state index contributed by atoms with van der Waals surface area (Å²) in [6.45, 7) is 5.23. The lowest BCUT2D eigenvalue weighted by atomic mass is 10.1. The van der Waals surface area contributed by atoms with Gasteiger partial charge in [0.25, 0.3) is 0 Å². The Morgan fingerprint density at radius 1 is 1.23 bits per heavy atom. The molecule has 1 N–H and O–H groups in total.